The molecule has 162 valence electrons. The molecule has 2 amide bonds. The number of carbonyl (C=O) groups excluding carboxylic acids is 2. The first-order chi connectivity index (χ1) is 13.4. The van der Waals surface area contributed by atoms with E-state index in [1.54, 1.807) is 40.7 Å². The molecule has 1 heterocycles. The van der Waals surface area contributed by atoms with E-state index < -0.39 is 35.8 Å². The van der Waals surface area contributed by atoms with Crippen LogP contribution in [0.5, 0.6) is 0 Å². The normalized spacial score (nSPS) is 20.2. The zero-order chi connectivity index (χ0) is 21.9. The van der Waals surface area contributed by atoms with E-state index in [-0.39, 0.29) is 19.1 Å². The largest absolute Gasteiger partial charge is 0.480 e. The first kappa shape index (κ1) is 22.9. The van der Waals surface area contributed by atoms with Gasteiger partial charge in [-0.2, -0.15) is 5.06 Å². The van der Waals surface area contributed by atoms with E-state index in [4.69, 9.17) is 9.57 Å². The number of hydroxylamine groups is 2. The minimum absolute atomic E-state index is 0.124. The van der Waals surface area contributed by atoms with E-state index in [0.29, 0.717) is 17.6 Å². The topological polar surface area (TPSA) is 117 Å². The molecule has 0 spiro atoms. The molecule has 1 aliphatic heterocycles. The molecule has 2 rings (SSSR count). The maximum Gasteiger partial charge on any atom is 0.411 e. The maximum absolute atomic E-state index is 12.6. The van der Waals surface area contributed by atoms with Gasteiger partial charge in [-0.15, -0.1) is 0 Å². The second-order valence-corrected chi connectivity index (χ2v) is 8.42. The summed E-state index contributed by atoms with van der Waals surface area (Å²) < 4.78 is 5.34. The van der Waals surface area contributed by atoms with E-state index in [9.17, 15) is 24.6 Å². The first-order valence-corrected chi connectivity index (χ1v) is 9.70. The zero-order valence-electron chi connectivity index (χ0n) is 17.5. The molecular formula is C20H30N2O7. The van der Waals surface area contributed by atoms with Crippen LogP contribution >= 0.6 is 0 Å². The lowest BCUT2D eigenvalue weighted by Gasteiger charge is -2.33. The van der Waals surface area contributed by atoms with Gasteiger partial charge in [0.15, 0.2) is 6.23 Å². The number of allylic oxidation sites excluding steroid dienone is 1. The lowest BCUT2D eigenvalue weighted by atomic mass is 9.99. The van der Waals surface area contributed by atoms with Crippen LogP contribution in [0.4, 0.5) is 4.79 Å². The molecule has 1 aliphatic carbocycles. The molecule has 9 heteroatoms. The zero-order valence-corrected chi connectivity index (χ0v) is 17.5. The van der Waals surface area contributed by atoms with Crippen molar-refractivity contribution < 1.29 is 34.2 Å². The lowest BCUT2D eigenvalue weighted by Crippen LogP contribution is -2.51. The number of carboxylic acid groups (broad SMARTS) is 1. The summed E-state index contributed by atoms with van der Waals surface area (Å²) in [7, 11) is 0. The van der Waals surface area contributed by atoms with Crippen LogP contribution in [-0.4, -0.2) is 69.2 Å². The Morgan fingerprint density at radius 3 is 2.52 bits per heavy atom. The summed E-state index contributed by atoms with van der Waals surface area (Å²) in [6.07, 6.45) is 2.86. The third-order valence-corrected chi connectivity index (χ3v) is 4.59. The van der Waals surface area contributed by atoms with Crippen molar-refractivity contribution in [3.05, 3.63) is 23.3 Å². The Bertz CT molecular complexity index is 721. The van der Waals surface area contributed by atoms with Crippen molar-refractivity contribution in [2.45, 2.75) is 65.3 Å². The number of amides is 2. The summed E-state index contributed by atoms with van der Waals surface area (Å²) >= 11 is 0. The summed E-state index contributed by atoms with van der Waals surface area (Å²) in [5.41, 5.74) is 0.220. The van der Waals surface area contributed by atoms with Crippen LogP contribution in [-0.2, 0) is 19.2 Å². The van der Waals surface area contributed by atoms with Gasteiger partial charge in [0.2, 0.25) is 0 Å². The molecule has 2 atom stereocenters. The molecule has 2 N–H and O–H groups in total. The fourth-order valence-corrected chi connectivity index (χ4v) is 3.34. The third kappa shape index (κ3) is 5.36. The monoisotopic (exact) mass is 410 g/mol. The van der Waals surface area contributed by atoms with E-state index in [0.717, 1.165) is 16.4 Å². The number of hydrogen-bond donors (Lipinski definition) is 2. The molecule has 9 nitrogen and oxygen atoms in total. The summed E-state index contributed by atoms with van der Waals surface area (Å²) in [4.78, 5) is 43.3. The molecule has 2 aliphatic rings. The van der Waals surface area contributed by atoms with Crippen LogP contribution in [0.2, 0.25) is 0 Å². The minimum Gasteiger partial charge on any atom is -0.480 e. The first-order valence-electron chi connectivity index (χ1n) is 9.70. The molecule has 0 aromatic carbocycles. The number of carboxylic acids is 1. The second kappa shape index (κ2) is 8.96. The highest BCUT2D eigenvalue weighted by atomic mass is 16.7. The highest BCUT2D eigenvalue weighted by Gasteiger charge is 2.39. The Morgan fingerprint density at radius 2 is 2.00 bits per heavy atom. The molecule has 0 saturated carbocycles. The van der Waals surface area contributed by atoms with Gasteiger partial charge < -0.3 is 14.9 Å². The number of aliphatic hydroxyl groups excluding tert-OH is 1. The SMILES string of the molecule is CC(C)C(C(=O)O)N(CCON1C(=O)C2=C(CCC=C2)C1O)C(=O)OC(C)(C)C. The van der Waals surface area contributed by atoms with Gasteiger partial charge in [0.05, 0.1) is 13.2 Å². The van der Waals surface area contributed by atoms with Crippen LogP contribution in [0.25, 0.3) is 0 Å². The van der Waals surface area contributed by atoms with Crippen molar-refractivity contribution in [1.29, 1.82) is 0 Å². The number of aliphatic carboxylic acids is 1. The third-order valence-electron chi connectivity index (χ3n) is 4.59. The van der Waals surface area contributed by atoms with Crippen LogP contribution in [0.3, 0.4) is 0 Å². The minimum atomic E-state index is -1.18. The van der Waals surface area contributed by atoms with E-state index in [2.05, 4.69) is 0 Å². The number of carbonyl (C=O) groups is 3. The van der Waals surface area contributed by atoms with Crippen molar-refractivity contribution in [3.63, 3.8) is 0 Å². The van der Waals surface area contributed by atoms with Gasteiger partial charge in [0.1, 0.15) is 11.6 Å². The van der Waals surface area contributed by atoms with Gasteiger partial charge in [-0.25, -0.2) is 9.59 Å². The van der Waals surface area contributed by atoms with Crippen LogP contribution in [0.1, 0.15) is 47.5 Å². The molecule has 0 radical (unpaired) electrons. The van der Waals surface area contributed by atoms with Gasteiger partial charge in [-0.3, -0.25) is 14.5 Å². The summed E-state index contributed by atoms with van der Waals surface area (Å²) in [6.45, 7) is 8.14. The van der Waals surface area contributed by atoms with Crippen LogP contribution < -0.4 is 0 Å². The highest BCUT2D eigenvalue weighted by molar-refractivity contribution is 5.99. The molecule has 0 aromatic heterocycles. The summed E-state index contributed by atoms with van der Waals surface area (Å²) in [5.74, 6) is -1.99. The molecule has 29 heavy (non-hydrogen) atoms. The van der Waals surface area contributed by atoms with E-state index in [1.807, 2.05) is 6.08 Å². The highest BCUT2D eigenvalue weighted by Crippen LogP contribution is 2.32. The average molecular weight is 410 g/mol. The smallest absolute Gasteiger partial charge is 0.411 e. The Hall–Kier alpha value is -2.39. The number of hydrogen-bond acceptors (Lipinski definition) is 6. The predicted molar refractivity (Wildman–Crippen MR) is 103 cm³/mol. The molecule has 0 fully saturated rings. The molecule has 2 unspecified atom stereocenters. The van der Waals surface area contributed by atoms with Crippen molar-refractivity contribution >= 4 is 18.0 Å². The van der Waals surface area contributed by atoms with Gasteiger partial charge in [-0.05, 0) is 45.1 Å². The van der Waals surface area contributed by atoms with Crippen LogP contribution in [0.15, 0.2) is 23.3 Å². The average Bonchev–Trinajstić information content (AvgIpc) is 2.83. The Morgan fingerprint density at radius 1 is 1.34 bits per heavy atom. The number of aliphatic hydroxyl groups is 1. The lowest BCUT2D eigenvalue weighted by molar-refractivity contribution is -0.217. The Labute approximate surface area is 170 Å². The Kier molecular flexibility index (Phi) is 7.07. The van der Waals surface area contributed by atoms with Crippen molar-refractivity contribution in [2.75, 3.05) is 13.2 Å². The van der Waals surface area contributed by atoms with Crippen LogP contribution in [0, 0.1) is 5.92 Å². The van der Waals surface area contributed by atoms with Gasteiger partial charge in [0, 0.05) is 5.57 Å². The van der Waals surface area contributed by atoms with Gasteiger partial charge >= 0.3 is 12.1 Å². The molecule has 0 bridgehead atoms. The van der Waals surface area contributed by atoms with E-state index in [1.165, 1.54) is 0 Å². The standard InChI is InChI=1S/C20H30N2O7/c1-12(2)15(18(25)26)21(19(27)29-20(3,4)5)10-11-28-22-16(23)13-8-6-7-9-14(13)17(22)24/h6,8,12,15,17,24H,7,9-11H2,1-5H3,(H,25,26). The summed E-state index contributed by atoms with van der Waals surface area (Å²) in [6, 6.07) is -1.12. The number of nitrogens with zero attached hydrogens (tertiary/aromatic N) is 2. The predicted octanol–water partition coefficient (Wildman–Crippen LogP) is 2.07. The second-order valence-electron chi connectivity index (χ2n) is 8.42. The number of rotatable bonds is 7. The fourth-order valence-electron chi connectivity index (χ4n) is 3.34. The van der Waals surface area contributed by atoms with Crippen molar-refractivity contribution in [3.8, 4) is 0 Å². The summed E-state index contributed by atoms with van der Waals surface area (Å²) in [5, 5.41) is 20.8. The quantitative estimate of drug-likeness (QED) is 0.660. The van der Waals surface area contributed by atoms with E-state index >= 15 is 0 Å². The van der Waals surface area contributed by atoms with Crippen molar-refractivity contribution in [2.24, 2.45) is 5.92 Å². The number of ether oxygens (including phenoxy) is 1. The Balaban J connectivity index is 2.08. The molecular weight excluding hydrogens is 380 g/mol. The van der Waals surface area contributed by atoms with Gasteiger partial charge in [0.25, 0.3) is 5.91 Å². The maximum atomic E-state index is 12.6. The fraction of sp³-hybridized carbons (Fsp3) is 0.650. The van der Waals surface area contributed by atoms with Gasteiger partial charge in [-0.1, -0.05) is 26.0 Å². The molecule has 0 aromatic rings. The van der Waals surface area contributed by atoms with Crippen molar-refractivity contribution in [1.82, 2.24) is 9.96 Å². The molecule has 0 saturated heterocycles.